The van der Waals surface area contributed by atoms with E-state index in [-0.39, 0.29) is 0 Å². The highest BCUT2D eigenvalue weighted by Crippen LogP contribution is 2.25. The summed E-state index contributed by atoms with van der Waals surface area (Å²) in [6.07, 6.45) is 14.4. The highest BCUT2D eigenvalue weighted by Gasteiger charge is 2.09. The van der Waals surface area contributed by atoms with Crippen LogP contribution in [-0.2, 0) is 0 Å². The number of rotatable bonds is 6. The van der Waals surface area contributed by atoms with Gasteiger partial charge in [0.15, 0.2) is 0 Å². The van der Waals surface area contributed by atoms with Crippen LogP contribution in [0.2, 0.25) is 0 Å². The SMILES string of the molecule is C=CCCCCCC1=CC(Cl)CCC1. The van der Waals surface area contributed by atoms with E-state index >= 15 is 0 Å². The van der Waals surface area contributed by atoms with Gasteiger partial charge >= 0.3 is 0 Å². The summed E-state index contributed by atoms with van der Waals surface area (Å²) in [4.78, 5) is 0. The summed E-state index contributed by atoms with van der Waals surface area (Å²) in [7, 11) is 0. The monoisotopic (exact) mass is 212 g/mol. The summed E-state index contributed by atoms with van der Waals surface area (Å²) >= 11 is 6.08. The van der Waals surface area contributed by atoms with Crippen molar-refractivity contribution in [3.63, 3.8) is 0 Å². The number of halogens is 1. The number of hydrogen-bond acceptors (Lipinski definition) is 0. The highest BCUT2D eigenvalue weighted by atomic mass is 35.5. The second-order valence-corrected chi connectivity index (χ2v) is 4.68. The Hall–Kier alpha value is -0.230. The van der Waals surface area contributed by atoms with Gasteiger partial charge in [-0.05, 0) is 44.9 Å². The number of alkyl halides is 1. The molecule has 1 aliphatic rings. The fraction of sp³-hybridized carbons (Fsp3) is 0.692. The molecule has 1 heteroatoms. The zero-order valence-corrected chi connectivity index (χ0v) is 9.73. The Kier molecular flexibility index (Phi) is 6.02. The molecule has 14 heavy (non-hydrogen) atoms. The minimum atomic E-state index is 0.312. The smallest absolute Gasteiger partial charge is 0.0518 e. The third kappa shape index (κ3) is 4.85. The largest absolute Gasteiger partial charge is 0.118 e. The van der Waals surface area contributed by atoms with Crippen LogP contribution in [0.1, 0.15) is 51.4 Å². The van der Waals surface area contributed by atoms with Crippen molar-refractivity contribution in [2.75, 3.05) is 0 Å². The molecule has 0 aliphatic heterocycles. The molecule has 0 bridgehead atoms. The molecule has 0 radical (unpaired) electrons. The minimum absolute atomic E-state index is 0.312. The Morgan fingerprint density at radius 1 is 1.43 bits per heavy atom. The number of allylic oxidation sites excluding steroid dienone is 3. The van der Waals surface area contributed by atoms with Crippen LogP contribution in [0.5, 0.6) is 0 Å². The van der Waals surface area contributed by atoms with Crippen molar-refractivity contribution in [1.29, 1.82) is 0 Å². The molecular weight excluding hydrogens is 192 g/mol. The van der Waals surface area contributed by atoms with Crippen LogP contribution in [-0.4, -0.2) is 5.38 Å². The normalized spacial score (nSPS) is 21.8. The van der Waals surface area contributed by atoms with E-state index in [4.69, 9.17) is 11.6 Å². The molecule has 0 saturated carbocycles. The Morgan fingerprint density at radius 3 is 3.00 bits per heavy atom. The van der Waals surface area contributed by atoms with Crippen molar-refractivity contribution in [2.24, 2.45) is 0 Å². The highest BCUT2D eigenvalue weighted by molar-refractivity contribution is 6.21. The van der Waals surface area contributed by atoms with E-state index in [2.05, 4.69) is 12.7 Å². The van der Waals surface area contributed by atoms with E-state index in [1.54, 1.807) is 5.57 Å². The molecule has 1 aliphatic carbocycles. The Bertz CT molecular complexity index is 193. The second-order valence-electron chi connectivity index (χ2n) is 4.12. The molecule has 1 atom stereocenters. The van der Waals surface area contributed by atoms with Gasteiger partial charge in [0.05, 0.1) is 5.38 Å². The van der Waals surface area contributed by atoms with Gasteiger partial charge in [-0.1, -0.05) is 24.1 Å². The van der Waals surface area contributed by atoms with Crippen molar-refractivity contribution in [2.45, 2.75) is 56.7 Å². The van der Waals surface area contributed by atoms with Gasteiger partial charge in [0.1, 0.15) is 0 Å². The van der Waals surface area contributed by atoms with Crippen molar-refractivity contribution < 1.29 is 0 Å². The van der Waals surface area contributed by atoms with Crippen LogP contribution in [0, 0.1) is 0 Å². The second kappa shape index (κ2) is 7.11. The zero-order chi connectivity index (χ0) is 10.2. The first-order valence-electron chi connectivity index (χ1n) is 5.77. The van der Waals surface area contributed by atoms with E-state index in [0.717, 1.165) is 6.42 Å². The predicted molar refractivity (Wildman–Crippen MR) is 64.9 cm³/mol. The summed E-state index contributed by atoms with van der Waals surface area (Å²) < 4.78 is 0. The maximum Gasteiger partial charge on any atom is 0.0518 e. The first-order valence-corrected chi connectivity index (χ1v) is 6.21. The number of hydrogen-bond donors (Lipinski definition) is 0. The average molecular weight is 213 g/mol. The van der Waals surface area contributed by atoms with Crippen LogP contribution >= 0.6 is 11.6 Å². The molecule has 80 valence electrons. The molecule has 0 N–H and O–H groups in total. The van der Waals surface area contributed by atoms with Gasteiger partial charge in [0.2, 0.25) is 0 Å². The quantitative estimate of drug-likeness (QED) is 0.336. The van der Waals surface area contributed by atoms with E-state index in [0.29, 0.717) is 5.38 Å². The fourth-order valence-electron chi connectivity index (χ4n) is 1.97. The lowest BCUT2D eigenvalue weighted by Gasteiger charge is -2.16. The van der Waals surface area contributed by atoms with Crippen LogP contribution in [0.4, 0.5) is 0 Å². The van der Waals surface area contributed by atoms with Crippen LogP contribution in [0.3, 0.4) is 0 Å². The molecule has 1 rings (SSSR count). The lowest BCUT2D eigenvalue weighted by Crippen LogP contribution is -2.03. The van der Waals surface area contributed by atoms with Crippen molar-refractivity contribution in [1.82, 2.24) is 0 Å². The van der Waals surface area contributed by atoms with E-state index in [1.165, 1.54) is 44.9 Å². The average Bonchev–Trinajstić information content (AvgIpc) is 2.18. The van der Waals surface area contributed by atoms with Crippen molar-refractivity contribution >= 4 is 11.6 Å². The third-order valence-corrected chi connectivity index (χ3v) is 3.14. The molecule has 0 spiro atoms. The number of unbranched alkanes of at least 4 members (excludes halogenated alkanes) is 3. The maximum absolute atomic E-state index is 6.08. The van der Waals surface area contributed by atoms with E-state index in [1.807, 2.05) is 6.08 Å². The molecule has 1 unspecified atom stereocenters. The van der Waals surface area contributed by atoms with Gasteiger partial charge < -0.3 is 0 Å². The topological polar surface area (TPSA) is 0 Å². The Labute approximate surface area is 93.0 Å². The van der Waals surface area contributed by atoms with Gasteiger partial charge in [-0.3, -0.25) is 0 Å². The van der Waals surface area contributed by atoms with Crippen molar-refractivity contribution in [3.8, 4) is 0 Å². The molecule has 0 fully saturated rings. The molecule has 0 aromatic heterocycles. The molecule has 0 aromatic carbocycles. The van der Waals surface area contributed by atoms with Crippen LogP contribution in [0.15, 0.2) is 24.3 Å². The zero-order valence-electron chi connectivity index (χ0n) is 8.97. The summed E-state index contributed by atoms with van der Waals surface area (Å²) in [5.41, 5.74) is 1.59. The Balaban J connectivity index is 2.08. The van der Waals surface area contributed by atoms with Crippen LogP contribution in [0.25, 0.3) is 0 Å². The van der Waals surface area contributed by atoms with Gasteiger partial charge in [0, 0.05) is 0 Å². The summed E-state index contributed by atoms with van der Waals surface area (Å²) in [5, 5.41) is 0.312. The maximum atomic E-state index is 6.08. The molecule has 0 saturated heterocycles. The molecule has 0 aromatic rings. The van der Waals surface area contributed by atoms with Gasteiger partial charge in [-0.25, -0.2) is 0 Å². The Morgan fingerprint density at radius 2 is 2.29 bits per heavy atom. The first kappa shape index (κ1) is 11.8. The van der Waals surface area contributed by atoms with E-state index in [9.17, 15) is 0 Å². The van der Waals surface area contributed by atoms with Gasteiger partial charge in [-0.15, -0.1) is 18.2 Å². The van der Waals surface area contributed by atoms with Crippen molar-refractivity contribution in [3.05, 3.63) is 24.3 Å². The summed E-state index contributed by atoms with van der Waals surface area (Å²) in [5.74, 6) is 0. The lowest BCUT2D eigenvalue weighted by molar-refractivity contribution is 0.632. The summed E-state index contributed by atoms with van der Waals surface area (Å²) in [6.45, 7) is 3.73. The first-order chi connectivity index (χ1) is 6.83. The van der Waals surface area contributed by atoms with Gasteiger partial charge in [-0.2, -0.15) is 0 Å². The fourth-order valence-corrected chi connectivity index (χ4v) is 2.30. The van der Waals surface area contributed by atoms with E-state index < -0.39 is 0 Å². The van der Waals surface area contributed by atoms with Crippen LogP contribution < -0.4 is 0 Å². The lowest BCUT2D eigenvalue weighted by atomic mass is 9.95. The predicted octanol–water partition coefficient (Wildman–Crippen LogP) is 4.84. The standard InChI is InChI=1S/C13H21Cl/c1-2-3-4-5-6-8-12-9-7-10-13(14)11-12/h2,11,13H,1,3-10H2. The van der Waals surface area contributed by atoms with Gasteiger partial charge in [0.25, 0.3) is 0 Å². The third-order valence-electron chi connectivity index (χ3n) is 2.80. The molecule has 0 heterocycles. The molecule has 0 nitrogen and oxygen atoms in total. The molecular formula is C13H21Cl. The molecule has 0 amide bonds. The summed E-state index contributed by atoms with van der Waals surface area (Å²) in [6, 6.07) is 0. The minimum Gasteiger partial charge on any atom is -0.118 e.